The number of carbonyl (C=O) groups excluding carboxylic acids is 3. The summed E-state index contributed by atoms with van der Waals surface area (Å²) in [7, 11) is 0. The summed E-state index contributed by atoms with van der Waals surface area (Å²) >= 11 is 0. The first-order valence-corrected chi connectivity index (χ1v) is 7.72. The first-order chi connectivity index (χ1) is 11.9. The van der Waals surface area contributed by atoms with E-state index in [0.29, 0.717) is 17.6 Å². The lowest BCUT2D eigenvalue weighted by atomic mass is 10.2. The Bertz CT molecular complexity index is 761. The van der Waals surface area contributed by atoms with Gasteiger partial charge in [0.25, 0.3) is 5.91 Å². The van der Waals surface area contributed by atoms with Gasteiger partial charge >= 0.3 is 12.0 Å². The van der Waals surface area contributed by atoms with Gasteiger partial charge < -0.3 is 14.5 Å². The van der Waals surface area contributed by atoms with Gasteiger partial charge in [0, 0.05) is 18.7 Å². The Labute approximate surface area is 144 Å². The Morgan fingerprint density at radius 3 is 2.76 bits per heavy atom. The van der Waals surface area contributed by atoms with Crippen molar-refractivity contribution in [1.29, 1.82) is 0 Å². The average Bonchev–Trinajstić information content (AvgIpc) is 2.99. The lowest BCUT2D eigenvalue weighted by molar-refractivity contribution is -0.143. The lowest BCUT2D eigenvalue weighted by Gasteiger charge is -2.08. The zero-order valence-corrected chi connectivity index (χ0v) is 13.9. The summed E-state index contributed by atoms with van der Waals surface area (Å²) in [6.07, 6.45) is 2.44. The van der Waals surface area contributed by atoms with Gasteiger partial charge in [0.05, 0.1) is 0 Å². The molecule has 8 nitrogen and oxygen atoms in total. The van der Waals surface area contributed by atoms with Gasteiger partial charge in [-0.15, -0.1) is 0 Å². The number of benzene rings is 1. The molecule has 2 N–H and O–H groups in total. The van der Waals surface area contributed by atoms with Crippen molar-refractivity contribution in [2.24, 2.45) is 5.92 Å². The van der Waals surface area contributed by atoms with Crippen LogP contribution in [0.25, 0.3) is 17.2 Å². The second kappa shape index (κ2) is 8.62. The number of imide groups is 1. The molecule has 1 aromatic heterocycles. The average molecular weight is 345 g/mol. The molecule has 2 aromatic rings. The minimum atomic E-state index is -0.750. The fourth-order valence-corrected chi connectivity index (χ4v) is 1.79. The Balaban J connectivity index is 1.76. The molecule has 132 valence electrons. The van der Waals surface area contributed by atoms with Gasteiger partial charge in [-0.1, -0.05) is 26.0 Å². The SMILES string of the molecule is CC(C)CNC(=O)NC(=O)COC(=O)/C=C/c1nc2ccccc2o1. The lowest BCUT2D eigenvalue weighted by Crippen LogP contribution is -2.42. The topological polar surface area (TPSA) is 111 Å². The molecule has 2 rings (SSSR count). The molecule has 0 aliphatic heterocycles. The number of urea groups is 1. The van der Waals surface area contributed by atoms with Gasteiger partial charge in [0.15, 0.2) is 12.2 Å². The van der Waals surface area contributed by atoms with Crippen LogP contribution in [0.15, 0.2) is 34.8 Å². The van der Waals surface area contributed by atoms with Crippen molar-refractivity contribution in [3.63, 3.8) is 0 Å². The Morgan fingerprint density at radius 1 is 1.28 bits per heavy atom. The molecule has 1 heterocycles. The fourth-order valence-electron chi connectivity index (χ4n) is 1.79. The highest BCUT2D eigenvalue weighted by atomic mass is 16.5. The highest BCUT2D eigenvalue weighted by molar-refractivity contribution is 5.96. The van der Waals surface area contributed by atoms with E-state index in [0.717, 1.165) is 6.08 Å². The summed E-state index contributed by atoms with van der Waals surface area (Å²) in [6, 6.07) is 6.54. The Morgan fingerprint density at radius 2 is 2.04 bits per heavy atom. The Kier molecular flexibility index (Phi) is 6.27. The van der Waals surface area contributed by atoms with E-state index < -0.39 is 24.5 Å². The van der Waals surface area contributed by atoms with E-state index in [4.69, 9.17) is 9.15 Å². The molecule has 0 spiro atoms. The predicted octanol–water partition coefficient (Wildman–Crippen LogP) is 1.87. The molecule has 0 aliphatic rings. The van der Waals surface area contributed by atoms with Gasteiger partial charge in [0.2, 0.25) is 5.89 Å². The van der Waals surface area contributed by atoms with Gasteiger partial charge in [-0.3, -0.25) is 10.1 Å². The second-order valence-corrected chi connectivity index (χ2v) is 5.61. The maximum Gasteiger partial charge on any atom is 0.331 e. The standard InChI is InChI=1S/C17H19N3O5/c1-11(2)9-18-17(23)20-14(21)10-24-16(22)8-7-15-19-12-5-3-4-6-13(12)25-15/h3-8,11H,9-10H2,1-2H3,(H2,18,20,21,23)/b8-7+. The number of aromatic nitrogens is 1. The number of nitrogens with one attached hydrogen (secondary N) is 2. The van der Waals surface area contributed by atoms with Crippen LogP contribution in [-0.2, 0) is 14.3 Å². The monoisotopic (exact) mass is 345 g/mol. The minimum Gasteiger partial charge on any atom is -0.452 e. The summed E-state index contributed by atoms with van der Waals surface area (Å²) < 4.78 is 10.1. The largest absolute Gasteiger partial charge is 0.452 e. The molecule has 0 atom stereocenters. The van der Waals surface area contributed by atoms with E-state index in [1.54, 1.807) is 12.1 Å². The fraction of sp³-hybridized carbons (Fsp3) is 0.294. The molecule has 0 unspecified atom stereocenters. The third-order valence-corrected chi connectivity index (χ3v) is 2.94. The highest BCUT2D eigenvalue weighted by Crippen LogP contribution is 2.15. The van der Waals surface area contributed by atoms with Crippen LogP contribution in [0, 0.1) is 5.92 Å². The van der Waals surface area contributed by atoms with E-state index in [1.165, 1.54) is 6.08 Å². The number of oxazole rings is 1. The quantitative estimate of drug-likeness (QED) is 0.611. The third-order valence-electron chi connectivity index (χ3n) is 2.94. The van der Waals surface area contributed by atoms with E-state index >= 15 is 0 Å². The molecule has 25 heavy (non-hydrogen) atoms. The molecule has 0 radical (unpaired) electrons. The minimum absolute atomic E-state index is 0.246. The Hall–Kier alpha value is -3.16. The van der Waals surface area contributed by atoms with Crippen molar-refractivity contribution in [2.75, 3.05) is 13.2 Å². The molecular weight excluding hydrogens is 326 g/mol. The third kappa shape index (κ3) is 6.09. The van der Waals surface area contributed by atoms with Gasteiger partial charge in [0.1, 0.15) is 5.52 Å². The summed E-state index contributed by atoms with van der Waals surface area (Å²) in [6.45, 7) is 3.72. The number of fused-ring (bicyclic) bond motifs is 1. The first kappa shape index (κ1) is 18.2. The number of hydrogen-bond donors (Lipinski definition) is 2. The molecule has 0 saturated carbocycles. The predicted molar refractivity (Wildman–Crippen MR) is 90.4 cm³/mol. The van der Waals surface area contributed by atoms with Crippen molar-refractivity contribution < 1.29 is 23.5 Å². The normalized spacial score (nSPS) is 11.0. The highest BCUT2D eigenvalue weighted by Gasteiger charge is 2.10. The number of hydrogen-bond acceptors (Lipinski definition) is 6. The maximum absolute atomic E-state index is 11.6. The first-order valence-electron chi connectivity index (χ1n) is 7.72. The smallest absolute Gasteiger partial charge is 0.331 e. The van der Waals surface area contributed by atoms with E-state index in [2.05, 4.69) is 15.6 Å². The maximum atomic E-state index is 11.6. The van der Waals surface area contributed by atoms with Crippen LogP contribution in [0.3, 0.4) is 0 Å². The van der Waals surface area contributed by atoms with Crippen LogP contribution in [0.5, 0.6) is 0 Å². The van der Waals surface area contributed by atoms with E-state index in [9.17, 15) is 14.4 Å². The number of para-hydroxylation sites is 2. The van der Waals surface area contributed by atoms with Crippen LogP contribution in [0.1, 0.15) is 19.7 Å². The number of esters is 1. The summed E-state index contributed by atoms with van der Waals surface area (Å²) in [5, 5.41) is 4.58. The molecule has 3 amide bonds. The van der Waals surface area contributed by atoms with Gasteiger partial charge in [-0.25, -0.2) is 14.6 Å². The zero-order chi connectivity index (χ0) is 18.2. The molecule has 0 fully saturated rings. The van der Waals surface area contributed by atoms with Gasteiger partial charge in [-0.05, 0) is 18.1 Å². The summed E-state index contributed by atoms with van der Waals surface area (Å²) in [4.78, 5) is 38.6. The van der Waals surface area contributed by atoms with Crippen molar-refractivity contribution in [2.45, 2.75) is 13.8 Å². The summed E-state index contributed by atoms with van der Waals surface area (Å²) in [5.74, 6) is -0.962. The van der Waals surface area contributed by atoms with Crippen LogP contribution < -0.4 is 10.6 Å². The van der Waals surface area contributed by atoms with E-state index in [-0.39, 0.29) is 11.8 Å². The van der Waals surface area contributed by atoms with Crippen LogP contribution in [0.4, 0.5) is 4.79 Å². The number of carbonyl (C=O) groups is 3. The molecule has 0 saturated heterocycles. The molecular formula is C17H19N3O5. The summed E-state index contributed by atoms with van der Waals surface area (Å²) in [5.41, 5.74) is 1.27. The molecule has 0 aliphatic carbocycles. The molecule has 8 heteroatoms. The molecule has 0 bridgehead atoms. The van der Waals surface area contributed by atoms with Crippen molar-refractivity contribution in [1.82, 2.24) is 15.6 Å². The zero-order valence-electron chi connectivity index (χ0n) is 13.9. The van der Waals surface area contributed by atoms with E-state index in [1.807, 2.05) is 26.0 Å². The van der Waals surface area contributed by atoms with Crippen molar-refractivity contribution >= 4 is 35.1 Å². The number of rotatable bonds is 6. The molecule has 1 aromatic carbocycles. The van der Waals surface area contributed by atoms with Crippen LogP contribution >= 0.6 is 0 Å². The number of amides is 3. The van der Waals surface area contributed by atoms with Crippen LogP contribution in [0.2, 0.25) is 0 Å². The van der Waals surface area contributed by atoms with Crippen molar-refractivity contribution in [3.05, 3.63) is 36.2 Å². The number of ether oxygens (including phenoxy) is 1. The van der Waals surface area contributed by atoms with Crippen LogP contribution in [-0.4, -0.2) is 36.0 Å². The second-order valence-electron chi connectivity index (χ2n) is 5.61. The van der Waals surface area contributed by atoms with Crippen molar-refractivity contribution in [3.8, 4) is 0 Å². The van der Waals surface area contributed by atoms with Gasteiger partial charge in [-0.2, -0.15) is 0 Å². The number of nitrogens with zero attached hydrogens (tertiary/aromatic N) is 1.